The number of rotatable bonds is 14. The van der Waals surface area contributed by atoms with Crippen molar-refractivity contribution in [2.45, 2.75) is 78.3 Å². The van der Waals surface area contributed by atoms with Crippen molar-refractivity contribution < 1.29 is 0 Å². The summed E-state index contributed by atoms with van der Waals surface area (Å²) < 4.78 is 0. The smallest absolute Gasteiger partial charge is 0.208 e. The molecule has 0 N–H and O–H groups in total. The van der Waals surface area contributed by atoms with Gasteiger partial charge >= 0.3 is 0 Å². The SMILES string of the molecule is CCCCCCN1[C]N(Cc2cccc(CN3[C]N(CCCCCC)C=C3)n2)C=C1. The minimum Gasteiger partial charge on any atom is -0.346 e. The molecule has 0 atom stereocenters. The monoisotopic (exact) mass is 407 g/mol. The third-order valence-corrected chi connectivity index (χ3v) is 5.40. The van der Waals surface area contributed by atoms with Gasteiger partial charge in [0.1, 0.15) is 0 Å². The van der Waals surface area contributed by atoms with E-state index in [4.69, 9.17) is 4.98 Å². The van der Waals surface area contributed by atoms with Crippen LogP contribution in [-0.4, -0.2) is 37.7 Å². The number of aromatic nitrogens is 1. The van der Waals surface area contributed by atoms with Crippen molar-refractivity contribution in [2.24, 2.45) is 0 Å². The molecular weight excluding hydrogens is 370 g/mol. The van der Waals surface area contributed by atoms with E-state index in [9.17, 15) is 0 Å². The summed E-state index contributed by atoms with van der Waals surface area (Å²) in [5.74, 6) is 0. The standard InChI is InChI=1S/C25H37N5/c1-3-5-7-9-14-27-16-18-29(22-27)20-24-12-11-13-25(26-24)21-30-19-17-28(23-30)15-10-8-6-4-2/h11-13,16-19H,3-10,14-15,20-21H2,1-2H3. The fourth-order valence-corrected chi connectivity index (χ4v) is 3.68. The first-order chi connectivity index (χ1) is 14.8. The van der Waals surface area contributed by atoms with E-state index in [1.165, 1.54) is 51.4 Å². The Bertz CT molecular complexity index is 618. The number of hydrogen-bond donors (Lipinski definition) is 0. The van der Waals surface area contributed by atoms with Crippen molar-refractivity contribution >= 4 is 0 Å². The van der Waals surface area contributed by atoms with Gasteiger partial charge in [0.2, 0.25) is 13.3 Å². The molecule has 0 saturated heterocycles. The van der Waals surface area contributed by atoms with Crippen molar-refractivity contribution in [3.63, 3.8) is 0 Å². The lowest BCUT2D eigenvalue weighted by Crippen LogP contribution is -2.22. The molecule has 0 aliphatic carbocycles. The van der Waals surface area contributed by atoms with Gasteiger partial charge in [0, 0.05) is 37.9 Å². The molecule has 0 fully saturated rings. The van der Waals surface area contributed by atoms with Gasteiger partial charge in [-0.3, -0.25) is 4.98 Å². The molecule has 30 heavy (non-hydrogen) atoms. The van der Waals surface area contributed by atoms with Gasteiger partial charge in [0.15, 0.2) is 0 Å². The van der Waals surface area contributed by atoms with Crippen LogP contribution in [0.15, 0.2) is 43.0 Å². The van der Waals surface area contributed by atoms with Gasteiger partial charge in [-0.05, 0) is 25.0 Å². The Labute approximate surface area is 184 Å². The number of hydrogen-bond acceptors (Lipinski definition) is 5. The molecule has 0 bridgehead atoms. The summed E-state index contributed by atoms with van der Waals surface area (Å²) in [5, 5.41) is 0. The van der Waals surface area contributed by atoms with Crippen LogP contribution >= 0.6 is 0 Å². The largest absolute Gasteiger partial charge is 0.346 e. The topological polar surface area (TPSA) is 25.9 Å². The number of nitrogens with zero attached hydrogens (tertiary/aromatic N) is 5. The molecular formula is C25H37N5. The van der Waals surface area contributed by atoms with E-state index in [1.807, 2.05) is 0 Å². The Morgan fingerprint density at radius 2 is 1.10 bits per heavy atom. The van der Waals surface area contributed by atoms with E-state index in [2.05, 4.69) is 89.8 Å². The highest BCUT2D eigenvalue weighted by Gasteiger charge is 2.17. The predicted molar refractivity (Wildman–Crippen MR) is 122 cm³/mol. The second-order valence-corrected chi connectivity index (χ2v) is 8.18. The first-order valence-corrected chi connectivity index (χ1v) is 11.7. The Hall–Kier alpha value is -2.17. The van der Waals surface area contributed by atoms with Crippen molar-refractivity contribution in [3.8, 4) is 0 Å². The predicted octanol–water partition coefficient (Wildman–Crippen LogP) is 5.41. The summed E-state index contributed by atoms with van der Waals surface area (Å²) in [5.41, 5.74) is 2.13. The van der Waals surface area contributed by atoms with Gasteiger partial charge in [0.25, 0.3) is 0 Å². The molecule has 0 spiro atoms. The van der Waals surface area contributed by atoms with Crippen LogP contribution in [0.2, 0.25) is 0 Å². The van der Waals surface area contributed by atoms with Gasteiger partial charge in [-0.1, -0.05) is 58.4 Å². The molecule has 3 heterocycles. The normalized spacial score (nSPS) is 15.8. The first-order valence-electron chi connectivity index (χ1n) is 11.7. The van der Waals surface area contributed by atoms with E-state index in [-0.39, 0.29) is 0 Å². The summed E-state index contributed by atoms with van der Waals surface area (Å²) in [6, 6.07) is 6.29. The molecule has 2 aliphatic rings. The van der Waals surface area contributed by atoms with Gasteiger partial charge in [-0.15, -0.1) is 0 Å². The minimum absolute atomic E-state index is 0.753. The van der Waals surface area contributed by atoms with Crippen LogP contribution in [0.1, 0.15) is 76.6 Å². The van der Waals surface area contributed by atoms with Crippen LogP contribution in [0.5, 0.6) is 0 Å². The number of unbranched alkanes of at least 4 members (excludes halogenated alkanes) is 6. The molecule has 5 nitrogen and oxygen atoms in total. The quantitative estimate of drug-likeness (QED) is 0.384. The zero-order valence-electron chi connectivity index (χ0n) is 18.8. The average Bonchev–Trinajstić information content (AvgIpc) is 3.38. The van der Waals surface area contributed by atoms with E-state index in [0.29, 0.717) is 0 Å². The van der Waals surface area contributed by atoms with Gasteiger partial charge in [-0.2, -0.15) is 0 Å². The average molecular weight is 408 g/mol. The van der Waals surface area contributed by atoms with Crippen LogP contribution in [-0.2, 0) is 13.1 Å². The third kappa shape index (κ3) is 7.58. The molecule has 0 amide bonds. The van der Waals surface area contributed by atoms with Crippen LogP contribution in [0, 0.1) is 13.3 Å². The zero-order valence-corrected chi connectivity index (χ0v) is 18.8. The van der Waals surface area contributed by atoms with Crippen LogP contribution < -0.4 is 0 Å². The van der Waals surface area contributed by atoms with E-state index < -0.39 is 0 Å². The van der Waals surface area contributed by atoms with Crippen LogP contribution in [0.25, 0.3) is 0 Å². The Balaban J connectivity index is 1.38. The maximum Gasteiger partial charge on any atom is 0.208 e. The highest BCUT2D eigenvalue weighted by molar-refractivity contribution is 5.14. The molecule has 4 radical (unpaired) electrons. The van der Waals surface area contributed by atoms with E-state index in [1.54, 1.807) is 0 Å². The van der Waals surface area contributed by atoms with Crippen molar-refractivity contribution in [1.82, 2.24) is 24.6 Å². The minimum atomic E-state index is 0.753. The fraction of sp³-hybridized carbons (Fsp3) is 0.560. The van der Waals surface area contributed by atoms with Gasteiger partial charge in [0.05, 0.1) is 24.5 Å². The van der Waals surface area contributed by atoms with Crippen molar-refractivity contribution in [2.75, 3.05) is 13.1 Å². The molecule has 1 aromatic rings. The molecule has 2 aliphatic heterocycles. The summed E-state index contributed by atoms with van der Waals surface area (Å²) in [7, 11) is 0. The lowest BCUT2D eigenvalue weighted by atomic mass is 10.2. The molecule has 1 aromatic heterocycles. The van der Waals surface area contributed by atoms with Crippen LogP contribution in [0.4, 0.5) is 0 Å². The van der Waals surface area contributed by atoms with E-state index in [0.717, 1.165) is 37.6 Å². The number of pyridine rings is 1. The van der Waals surface area contributed by atoms with Crippen LogP contribution in [0.3, 0.4) is 0 Å². The van der Waals surface area contributed by atoms with Crippen molar-refractivity contribution in [3.05, 3.63) is 67.7 Å². The Kier molecular flexibility index (Phi) is 9.39. The molecule has 0 unspecified atom stereocenters. The first kappa shape index (κ1) is 22.5. The highest BCUT2D eigenvalue weighted by atomic mass is 15.3. The second kappa shape index (κ2) is 12.5. The van der Waals surface area contributed by atoms with Crippen molar-refractivity contribution in [1.29, 1.82) is 0 Å². The molecule has 0 aromatic carbocycles. The highest BCUT2D eigenvalue weighted by Crippen LogP contribution is 2.18. The summed E-state index contributed by atoms with van der Waals surface area (Å²) in [6.07, 6.45) is 18.6. The maximum absolute atomic E-state index is 4.85. The Morgan fingerprint density at radius 3 is 1.57 bits per heavy atom. The summed E-state index contributed by atoms with van der Waals surface area (Å²) >= 11 is 0. The molecule has 3 rings (SSSR count). The zero-order chi connectivity index (χ0) is 21.0. The Morgan fingerprint density at radius 1 is 0.633 bits per heavy atom. The van der Waals surface area contributed by atoms with Gasteiger partial charge in [-0.25, -0.2) is 0 Å². The molecule has 0 saturated carbocycles. The summed E-state index contributed by atoms with van der Waals surface area (Å²) in [6.45, 7) is 14.9. The molecule has 5 heteroatoms. The third-order valence-electron chi connectivity index (χ3n) is 5.40. The maximum atomic E-state index is 4.85. The van der Waals surface area contributed by atoms with Gasteiger partial charge < -0.3 is 19.6 Å². The second-order valence-electron chi connectivity index (χ2n) is 8.18. The fourth-order valence-electron chi connectivity index (χ4n) is 3.68. The lowest BCUT2D eigenvalue weighted by Gasteiger charge is -2.20. The lowest BCUT2D eigenvalue weighted by molar-refractivity contribution is 0.325. The molecule has 162 valence electrons. The van der Waals surface area contributed by atoms with E-state index >= 15 is 0 Å². The summed E-state index contributed by atoms with van der Waals surface area (Å²) in [4.78, 5) is 13.4.